The average molecular weight is 246 g/mol. The van der Waals surface area contributed by atoms with Gasteiger partial charge in [0.15, 0.2) is 0 Å². The molecule has 0 saturated carbocycles. The molecule has 0 aliphatic rings. The van der Waals surface area contributed by atoms with E-state index >= 15 is 0 Å². The minimum Gasteiger partial charge on any atom is -0.329 e. The van der Waals surface area contributed by atoms with Gasteiger partial charge in [0, 0.05) is 12.6 Å². The number of halogens is 1. The summed E-state index contributed by atoms with van der Waals surface area (Å²) in [5.74, 6) is -0.468. The Morgan fingerprint density at radius 1 is 1.38 bits per heavy atom. The second-order valence-corrected chi connectivity index (χ2v) is 5.13. The summed E-state index contributed by atoms with van der Waals surface area (Å²) in [5.41, 5.74) is 5.41. The van der Waals surface area contributed by atoms with Gasteiger partial charge < -0.3 is 5.73 Å². The van der Waals surface area contributed by atoms with Crippen LogP contribution in [0.5, 0.6) is 0 Å². The van der Waals surface area contributed by atoms with Crippen molar-refractivity contribution in [2.45, 2.75) is 24.3 Å². The van der Waals surface area contributed by atoms with Crippen molar-refractivity contribution in [3.63, 3.8) is 0 Å². The molecule has 0 saturated heterocycles. The van der Waals surface area contributed by atoms with E-state index in [-0.39, 0.29) is 17.5 Å². The standard InChI is InChI=1S/C10H15FN2O2S/c1-2-9(7-12)13-16(14,15)10-5-3-8(11)4-6-10/h3-6,9,13H,2,7,12H2,1H3. The highest BCUT2D eigenvalue weighted by Gasteiger charge is 2.17. The van der Waals surface area contributed by atoms with Gasteiger partial charge in [0.05, 0.1) is 4.90 Å². The molecular weight excluding hydrogens is 231 g/mol. The summed E-state index contributed by atoms with van der Waals surface area (Å²) < 4.78 is 38.7. The minimum atomic E-state index is -3.60. The first kappa shape index (κ1) is 13.1. The molecule has 1 atom stereocenters. The Bertz CT molecular complexity index is 427. The van der Waals surface area contributed by atoms with Gasteiger partial charge in [0.1, 0.15) is 5.82 Å². The molecule has 3 N–H and O–H groups in total. The van der Waals surface area contributed by atoms with Crippen molar-refractivity contribution in [3.8, 4) is 0 Å². The van der Waals surface area contributed by atoms with Crippen LogP contribution in [0.15, 0.2) is 29.2 Å². The lowest BCUT2D eigenvalue weighted by molar-refractivity contribution is 0.542. The number of rotatable bonds is 5. The number of hydrogen-bond donors (Lipinski definition) is 2. The summed E-state index contributed by atoms with van der Waals surface area (Å²) in [5, 5.41) is 0. The Balaban J connectivity index is 2.89. The van der Waals surface area contributed by atoms with Crippen LogP contribution in [-0.2, 0) is 10.0 Å². The third-order valence-electron chi connectivity index (χ3n) is 2.22. The molecule has 90 valence electrons. The third kappa shape index (κ3) is 3.26. The molecule has 0 aliphatic carbocycles. The fourth-order valence-corrected chi connectivity index (χ4v) is 2.53. The molecule has 0 bridgehead atoms. The molecule has 0 heterocycles. The van der Waals surface area contributed by atoms with E-state index in [9.17, 15) is 12.8 Å². The van der Waals surface area contributed by atoms with Crippen LogP contribution in [0.4, 0.5) is 4.39 Å². The number of hydrogen-bond acceptors (Lipinski definition) is 3. The summed E-state index contributed by atoms with van der Waals surface area (Å²) >= 11 is 0. The zero-order valence-electron chi connectivity index (χ0n) is 8.98. The Hall–Kier alpha value is -0.980. The molecule has 0 radical (unpaired) electrons. The summed E-state index contributed by atoms with van der Waals surface area (Å²) in [7, 11) is -3.60. The van der Waals surface area contributed by atoms with Crippen LogP contribution < -0.4 is 10.5 Å². The number of benzene rings is 1. The van der Waals surface area contributed by atoms with Gasteiger partial charge in [0.25, 0.3) is 0 Å². The van der Waals surface area contributed by atoms with Crippen LogP contribution in [0.1, 0.15) is 13.3 Å². The van der Waals surface area contributed by atoms with E-state index in [1.54, 1.807) is 0 Å². The summed E-state index contributed by atoms with van der Waals surface area (Å²) in [6, 6.07) is 4.37. The number of sulfonamides is 1. The van der Waals surface area contributed by atoms with E-state index in [4.69, 9.17) is 5.73 Å². The molecule has 1 rings (SSSR count). The largest absolute Gasteiger partial charge is 0.329 e. The van der Waals surface area contributed by atoms with Crippen LogP contribution in [0, 0.1) is 5.82 Å². The minimum absolute atomic E-state index is 0.0424. The predicted molar refractivity (Wildman–Crippen MR) is 59.9 cm³/mol. The van der Waals surface area contributed by atoms with Crippen molar-refractivity contribution in [1.29, 1.82) is 0 Å². The lowest BCUT2D eigenvalue weighted by atomic mass is 10.2. The topological polar surface area (TPSA) is 72.2 Å². The normalized spacial score (nSPS) is 13.7. The second-order valence-electron chi connectivity index (χ2n) is 3.42. The lowest BCUT2D eigenvalue weighted by Crippen LogP contribution is -2.39. The fraction of sp³-hybridized carbons (Fsp3) is 0.400. The van der Waals surface area contributed by atoms with Gasteiger partial charge in [-0.25, -0.2) is 17.5 Å². The van der Waals surface area contributed by atoms with Gasteiger partial charge >= 0.3 is 0 Å². The lowest BCUT2D eigenvalue weighted by Gasteiger charge is -2.14. The van der Waals surface area contributed by atoms with Gasteiger partial charge in [0.2, 0.25) is 10.0 Å². The van der Waals surface area contributed by atoms with Crippen molar-refractivity contribution < 1.29 is 12.8 Å². The van der Waals surface area contributed by atoms with E-state index < -0.39 is 15.8 Å². The van der Waals surface area contributed by atoms with Crippen molar-refractivity contribution in [2.24, 2.45) is 5.73 Å². The van der Waals surface area contributed by atoms with E-state index in [1.165, 1.54) is 12.1 Å². The zero-order chi connectivity index (χ0) is 12.2. The average Bonchev–Trinajstić information content (AvgIpc) is 2.26. The second kappa shape index (κ2) is 5.38. The third-order valence-corrected chi connectivity index (χ3v) is 3.76. The van der Waals surface area contributed by atoms with Gasteiger partial charge in [-0.1, -0.05) is 6.92 Å². The van der Waals surface area contributed by atoms with Crippen molar-refractivity contribution in [2.75, 3.05) is 6.54 Å². The van der Waals surface area contributed by atoms with Crippen LogP contribution in [0.3, 0.4) is 0 Å². The van der Waals surface area contributed by atoms with Crippen molar-refractivity contribution >= 4 is 10.0 Å². The summed E-state index contributed by atoms with van der Waals surface area (Å²) in [4.78, 5) is 0.0424. The Morgan fingerprint density at radius 3 is 2.38 bits per heavy atom. The quantitative estimate of drug-likeness (QED) is 0.808. The van der Waals surface area contributed by atoms with Crippen molar-refractivity contribution in [3.05, 3.63) is 30.1 Å². The van der Waals surface area contributed by atoms with E-state index in [0.717, 1.165) is 12.1 Å². The molecule has 0 aromatic heterocycles. The molecule has 0 amide bonds. The molecular formula is C10H15FN2O2S. The van der Waals surface area contributed by atoms with E-state index in [2.05, 4.69) is 4.72 Å². The molecule has 6 heteroatoms. The predicted octanol–water partition coefficient (Wildman–Crippen LogP) is 0.841. The maximum absolute atomic E-state index is 12.6. The molecule has 0 aliphatic heterocycles. The van der Waals surface area contributed by atoms with Gasteiger partial charge in [-0.05, 0) is 30.7 Å². The Morgan fingerprint density at radius 2 is 1.94 bits per heavy atom. The molecule has 1 aromatic rings. The van der Waals surface area contributed by atoms with Gasteiger partial charge in [-0.3, -0.25) is 0 Å². The molecule has 4 nitrogen and oxygen atoms in total. The molecule has 1 aromatic carbocycles. The number of nitrogens with one attached hydrogen (secondary N) is 1. The first-order chi connectivity index (χ1) is 7.49. The van der Waals surface area contributed by atoms with Crippen LogP contribution in [0.2, 0.25) is 0 Å². The van der Waals surface area contributed by atoms with E-state index in [0.29, 0.717) is 6.42 Å². The highest BCUT2D eigenvalue weighted by atomic mass is 32.2. The van der Waals surface area contributed by atoms with Gasteiger partial charge in [-0.2, -0.15) is 0 Å². The molecule has 0 spiro atoms. The maximum Gasteiger partial charge on any atom is 0.240 e. The fourth-order valence-electron chi connectivity index (χ4n) is 1.20. The van der Waals surface area contributed by atoms with Crippen LogP contribution >= 0.6 is 0 Å². The Labute approximate surface area is 94.7 Å². The molecule has 1 unspecified atom stereocenters. The Kier molecular flexibility index (Phi) is 4.40. The monoisotopic (exact) mass is 246 g/mol. The SMILES string of the molecule is CCC(CN)NS(=O)(=O)c1ccc(F)cc1. The highest BCUT2D eigenvalue weighted by Crippen LogP contribution is 2.10. The van der Waals surface area contributed by atoms with Crippen molar-refractivity contribution in [1.82, 2.24) is 4.72 Å². The number of nitrogens with two attached hydrogens (primary N) is 1. The zero-order valence-corrected chi connectivity index (χ0v) is 9.80. The molecule has 0 fully saturated rings. The van der Waals surface area contributed by atoms with Gasteiger partial charge in [-0.15, -0.1) is 0 Å². The smallest absolute Gasteiger partial charge is 0.240 e. The van der Waals surface area contributed by atoms with Crippen LogP contribution in [0.25, 0.3) is 0 Å². The van der Waals surface area contributed by atoms with E-state index in [1.807, 2.05) is 6.92 Å². The maximum atomic E-state index is 12.6. The summed E-state index contributed by atoms with van der Waals surface area (Å²) in [6.45, 7) is 2.07. The highest BCUT2D eigenvalue weighted by molar-refractivity contribution is 7.89. The first-order valence-electron chi connectivity index (χ1n) is 4.97. The first-order valence-corrected chi connectivity index (χ1v) is 6.46. The molecule has 16 heavy (non-hydrogen) atoms. The summed E-state index contributed by atoms with van der Waals surface area (Å²) in [6.07, 6.45) is 0.608. The van der Waals surface area contributed by atoms with Crippen LogP contribution in [-0.4, -0.2) is 21.0 Å².